The Bertz CT molecular complexity index is 1900. The quantitative estimate of drug-likeness (QED) is 0.136. The number of aromatic nitrogens is 1. The molecule has 1 atom stereocenters. The van der Waals surface area contributed by atoms with Gasteiger partial charge >= 0.3 is 6.36 Å². The van der Waals surface area contributed by atoms with Crippen molar-refractivity contribution in [1.82, 2.24) is 15.2 Å². The molecule has 3 aromatic carbocycles. The summed E-state index contributed by atoms with van der Waals surface area (Å²) in [6.07, 6.45) is 10.3. The number of ether oxygens (including phenoxy) is 3. The van der Waals surface area contributed by atoms with Gasteiger partial charge in [-0.1, -0.05) is 83.7 Å². The van der Waals surface area contributed by atoms with Crippen LogP contribution in [0.5, 0.6) is 17.2 Å². The van der Waals surface area contributed by atoms with Crippen molar-refractivity contribution < 1.29 is 27.4 Å². The molecule has 0 aliphatic carbocycles. The molecule has 0 bridgehead atoms. The van der Waals surface area contributed by atoms with Gasteiger partial charge in [0.1, 0.15) is 5.75 Å². The Morgan fingerprint density at radius 1 is 0.828 bits per heavy atom. The molecular weight excluding hydrogens is 738 g/mol. The smallest absolute Gasteiger partial charge is 0.493 e. The molecule has 4 aromatic rings. The second kappa shape index (κ2) is 22.8. The van der Waals surface area contributed by atoms with Gasteiger partial charge in [-0.15, -0.1) is 13.2 Å². The predicted molar refractivity (Wildman–Crippen MR) is 232 cm³/mol. The number of dihydropyridines is 1. The predicted octanol–water partition coefficient (Wildman–Crippen LogP) is 12.0. The van der Waals surface area contributed by atoms with Crippen molar-refractivity contribution in [2.45, 2.75) is 105 Å². The highest BCUT2D eigenvalue weighted by molar-refractivity contribution is 5.64. The second-order valence-electron chi connectivity index (χ2n) is 14.5. The number of halogens is 3. The van der Waals surface area contributed by atoms with Crippen LogP contribution >= 0.6 is 0 Å². The fourth-order valence-corrected chi connectivity index (χ4v) is 7.22. The lowest BCUT2D eigenvalue weighted by atomic mass is 9.95. The minimum atomic E-state index is -4.75. The molecular formula is C48H63F3N4O3. The van der Waals surface area contributed by atoms with Gasteiger partial charge in [-0.2, -0.15) is 0 Å². The zero-order valence-corrected chi connectivity index (χ0v) is 35.7. The maximum absolute atomic E-state index is 12.9. The fraction of sp³-hybridized carbons (Fsp3) is 0.438. The van der Waals surface area contributed by atoms with Crippen LogP contribution in [0.1, 0.15) is 95.0 Å². The number of likely N-dealkylation sites (tertiary alicyclic amines) is 1. The van der Waals surface area contributed by atoms with Crippen LogP contribution in [0.2, 0.25) is 0 Å². The first kappa shape index (κ1) is 45.7. The van der Waals surface area contributed by atoms with Crippen molar-refractivity contribution in [3.8, 4) is 28.5 Å². The zero-order chi connectivity index (χ0) is 42.1. The Kier molecular flexibility index (Phi) is 18.0. The summed E-state index contributed by atoms with van der Waals surface area (Å²) >= 11 is 0. The number of rotatable bonds is 14. The number of aryl methyl sites for hydroxylation is 2. The number of benzene rings is 3. The van der Waals surface area contributed by atoms with Gasteiger partial charge in [-0.05, 0) is 115 Å². The van der Waals surface area contributed by atoms with Crippen molar-refractivity contribution in [2.75, 3.05) is 38.8 Å². The molecule has 3 heterocycles. The average Bonchev–Trinajstić information content (AvgIpc) is 3.23. The normalized spacial score (nSPS) is 15.5. The summed E-state index contributed by atoms with van der Waals surface area (Å²) in [6, 6.07) is 23.1. The first-order chi connectivity index (χ1) is 28.0. The van der Waals surface area contributed by atoms with E-state index in [4.69, 9.17) is 9.47 Å². The fourth-order valence-electron chi connectivity index (χ4n) is 7.22. The van der Waals surface area contributed by atoms with E-state index in [0.29, 0.717) is 18.0 Å². The first-order valence-corrected chi connectivity index (χ1v) is 20.8. The number of nitrogens with zero attached hydrogens (tertiary/aromatic N) is 3. The Labute approximate surface area is 344 Å². The maximum Gasteiger partial charge on any atom is 0.573 e. The molecule has 7 nitrogen and oxygen atoms in total. The molecule has 58 heavy (non-hydrogen) atoms. The van der Waals surface area contributed by atoms with Crippen LogP contribution in [0.4, 0.5) is 18.9 Å². The van der Waals surface area contributed by atoms with Crippen molar-refractivity contribution in [3.63, 3.8) is 0 Å². The lowest BCUT2D eigenvalue weighted by molar-refractivity contribution is -0.274. The lowest BCUT2D eigenvalue weighted by Gasteiger charge is -2.40. The summed E-state index contributed by atoms with van der Waals surface area (Å²) in [7, 11) is 3.20. The minimum absolute atomic E-state index is 0.136. The van der Waals surface area contributed by atoms with Crippen LogP contribution in [0.15, 0.2) is 103 Å². The van der Waals surface area contributed by atoms with Crippen LogP contribution < -0.4 is 24.4 Å². The molecule has 0 radical (unpaired) electrons. The molecule has 1 saturated heterocycles. The van der Waals surface area contributed by atoms with E-state index in [0.717, 1.165) is 67.8 Å². The van der Waals surface area contributed by atoms with Gasteiger partial charge in [0.25, 0.3) is 0 Å². The summed E-state index contributed by atoms with van der Waals surface area (Å²) in [5.41, 5.74) is 8.79. The van der Waals surface area contributed by atoms with Crippen LogP contribution in [-0.2, 0) is 13.0 Å². The summed E-state index contributed by atoms with van der Waals surface area (Å²) in [5.74, 6) is 1.02. The number of hydrogen-bond donors (Lipinski definition) is 1. The number of methoxy groups -OCH3 is 2. The molecule has 1 N–H and O–H groups in total. The molecule has 1 unspecified atom stereocenters. The molecule has 1 aromatic heterocycles. The number of hydrogen-bond acceptors (Lipinski definition) is 7. The monoisotopic (exact) mass is 800 g/mol. The molecule has 0 spiro atoms. The summed E-state index contributed by atoms with van der Waals surface area (Å²) < 4.78 is 53.9. The molecule has 0 amide bonds. The van der Waals surface area contributed by atoms with Gasteiger partial charge in [0.2, 0.25) is 0 Å². The molecule has 2 aliphatic heterocycles. The Morgan fingerprint density at radius 3 is 2.17 bits per heavy atom. The lowest BCUT2D eigenvalue weighted by Crippen LogP contribution is -2.45. The van der Waals surface area contributed by atoms with E-state index in [9.17, 15) is 13.2 Å². The molecule has 1 fully saturated rings. The number of unbranched alkanes of at least 4 members (excludes halogenated alkanes) is 1. The highest BCUT2D eigenvalue weighted by atomic mass is 19.4. The third kappa shape index (κ3) is 13.6. The van der Waals surface area contributed by atoms with Crippen LogP contribution in [0, 0.1) is 6.92 Å². The molecule has 0 saturated carbocycles. The van der Waals surface area contributed by atoms with Crippen LogP contribution in [-0.4, -0.2) is 56.1 Å². The van der Waals surface area contributed by atoms with E-state index in [1.54, 1.807) is 32.5 Å². The number of alkyl halides is 3. The minimum Gasteiger partial charge on any atom is -0.493 e. The van der Waals surface area contributed by atoms with Crippen LogP contribution in [0.3, 0.4) is 0 Å². The number of piperidine rings is 1. The SMILES string of the molecule is CC.CCCC.CCCc1cc(C)cc(C2C=C(CN3CCC(N(Cc4ccnc(-c5ccc(OC)c(OC)c5)c4)c4ccc(OC(F)(F)F)cc4)CC3)C=CN2)c1. The standard InChI is InChI=1S/C42H47F3N4O3.C4H10.C2H6/c1-5-6-30-21-29(2)22-34(23-30)39-24-31(13-17-47-39)27-48-19-15-36(16-20-48)49(35-8-10-37(11-9-35)52-42(43,44)45)28-32-14-18-46-38(25-32)33-7-12-40(50-3)41(26-33)51-4;1-3-4-2;1-2/h7-14,17-18,21-26,36,39,47H,5-6,15-16,19-20,27-28H2,1-4H3;3-4H2,1-2H3;1-2H3. The van der Waals surface area contributed by atoms with E-state index >= 15 is 0 Å². The van der Waals surface area contributed by atoms with Gasteiger partial charge < -0.3 is 24.4 Å². The number of nitrogens with one attached hydrogen (secondary N) is 1. The van der Waals surface area contributed by atoms with E-state index < -0.39 is 6.36 Å². The third-order valence-corrected chi connectivity index (χ3v) is 10.2. The van der Waals surface area contributed by atoms with E-state index in [2.05, 4.69) is 95.1 Å². The van der Waals surface area contributed by atoms with Gasteiger partial charge in [-0.25, -0.2) is 0 Å². The summed E-state index contributed by atoms with van der Waals surface area (Å²) in [5, 5.41) is 3.53. The average molecular weight is 801 g/mol. The van der Waals surface area contributed by atoms with Crippen molar-refractivity contribution in [3.05, 3.63) is 125 Å². The van der Waals surface area contributed by atoms with Gasteiger partial charge in [0.05, 0.1) is 26.0 Å². The van der Waals surface area contributed by atoms with Crippen molar-refractivity contribution in [2.24, 2.45) is 0 Å². The summed E-state index contributed by atoms with van der Waals surface area (Å²) in [4.78, 5) is 9.42. The Morgan fingerprint density at radius 2 is 1.53 bits per heavy atom. The third-order valence-electron chi connectivity index (χ3n) is 10.2. The van der Waals surface area contributed by atoms with Crippen molar-refractivity contribution >= 4 is 5.69 Å². The van der Waals surface area contributed by atoms with Gasteiger partial charge in [0.15, 0.2) is 11.5 Å². The number of pyridine rings is 1. The van der Waals surface area contributed by atoms with Crippen molar-refractivity contribution in [1.29, 1.82) is 0 Å². The Hall–Kier alpha value is -4.96. The largest absolute Gasteiger partial charge is 0.573 e. The molecule has 10 heteroatoms. The zero-order valence-electron chi connectivity index (χ0n) is 35.7. The number of anilines is 1. The van der Waals surface area contributed by atoms with E-state index in [1.807, 2.05) is 38.1 Å². The summed E-state index contributed by atoms with van der Waals surface area (Å²) in [6.45, 7) is 16.0. The van der Waals surface area contributed by atoms with E-state index in [1.165, 1.54) is 47.2 Å². The van der Waals surface area contributed by atoms with E-state index in [-0.39, 0.29) is 17.8 Å². The molecule has 2 aliphatic rings. The molecule has 6 rings (SSSR count). The Balaban J connectivity index is 0.00000117. The highest BCUT2D eigenvalue weighted by Crippen LogP contribution is 2.34. The highest BCUT2D eigenvalue weighted by Gasteiger charge is 2.31. The van der Waals surface area contributed by atoms with Gasteiger partial charge in [-0.3, -0.25) is 9.88 Å². The topological polar surface area (TPSA) is 59.1 Å². The van der Waals surface area contributed by atoms with Crippen LogP contribution in [0.25, 0.3) is 11.3 Å². The second-order valence-corrected chi connectivity index (χ2v) is 14.5. The first-order valence-electron chi connectivity index (χ1n) is 20.8. The van der Waals surface area contributed by atoms with Gasteiger partial charge in [0, 0.05) is 49.7 Å². The maximum atomic E-state index is 12.9. The molecule has 314 valence electrons.